The molecule has 0 heterocycles. The van der Waals surface area contributed by atoms with Gasteiger partial charge in [0, 0.05) is 32.6 Å². The Balaban J connectivity index is 2.53. The fourth-order valence-electron chi connectivity index (χ4n) is 2.02. The van der Waals surface area contributed by atoms with E-state index in [9.17, 15) is 20.0 Å². The lowest BCUT2D eigenvalue weighted by Gasteiger charge is -2.19. The quantitative estimate of drug-likeness (QED) is 0.473. The number of hydrogen-bond donors (Lipinski definition) is 1. The van der Waals surface area contributed by atoms with Gasteiger partial charge in [-0.1, -0.05) is 12.2 Å². The molecular formula is C16H22N2O5. The Morgan fingerprint density at radius 2 is 1.91 bits per heavy atom. The van der Waals surface area contributed by atoms with Gasteiger partial charge in [-0.25, -0.2) is 4.79 Å². The zero-order valence-electron chi connectivity index (χ0n) is 13.6. The Kier molecular flexibility index (Phi) is 6.71. The van der Waals surface area contributed by atoms with Gasteiger partial charge in [-0.2, -0.15) is 0 Å². The maximum Gasteiger partial charge on any atom is 0.409 e. The molecule has 7 nitrogen and oxygen atoms in total. The lowest BCUT2D eigenvalue weighted by molar-refractivity contribution is -0.384. The number of carbonyl (C=O) groups is 1. The van der Waals surface area contributed by atoms with Crippen molar-refractivity contribution < 1.29 is 19.6 Å². The van der Waals surface area contributed by atoms with Crippen LogP contribution in [0.1, 0.15) is 31.4 Å². The summed E-state index contributed by atoms with van der Waals surface area (Å²) in [6.07, 6.45) is -0.853. The normalized spacial score (nSPS) is 13.0. The predicted octanol–water partition coefficient (Wildman–Crippen LogP) is 3.05. The van der Waals surface area contributed by atoms with Crippen LogP contribution in [-0.4, -0.2) is 41.2 Å². The Morgan fingerprint density at radius 3 is 2.39 bits per heavy atom. The first-order valence-corrected chi connectivity index (χ1v) is 7.17. The minimum absolute atomic E-state index is 0.0241. The highest BCUT2D eigenvalue weighted by molar-refractivity contribution is 5.66. The van der Waals surface area contributed by atoms with Crippen molar-refractivity contribution in [2.24, 2.45) is 0 Å². The van der Waals surface area contributed by atoms with Gasteiger partial charge < -0.3 is 14.7 Å². The third kappa shape index (κ3) is 6.07. The zero-order chi connectivity index (χ0) is 17.6. The average Bonchev–Trinajstić information content (AvgIpc) is 2.46. The molecule has 2 atom stereocenters. The number of hydrogen-bond acceptors (Lipinski definition) is 5. The topological polar surface area (TPSA) is 92.9 Å². The number of rotatable bonds is 7. The van der Waals surface area contributed by atoms with E-state index in [2.05, 4.69) is 6.58 Å². The molecule has 1 amide bonds. The maximum absolute atomic E-state index is 11.4. The van der Waals surface area contributed by atoms with Crippen molar-refractivity contribution in [1.29, 1.82) is 0 Å². The van der Waals surface area contributed by atoms with E-state index in [4.69, 9.17) is 4.74 Å². The van der Waals surface area contributed by atoms with E-state index in [1.165, 1.54) is 29.2 Å². The minimum atomic E-state index is -0.806. The Bertz CT molecular complexity index is 568. The molecule has 0 aliphatic heterocycles. The fourth-order valence-corrected chi connectivity index (χ4v) is 2.02. The molecule has 0 saturated heterocycles. The van der Waals surface area contributed by atoms with E-state index in [-0.39, 0.29) is 11.8 Å². The first-order valence-electron chi connectivity index (χ1n) is 7.17. The van der Waals surface area contributed by atoms with Crippen LogP contribution in [0.4, 0.5) is 10.5 Å². The van der Waals surface area contributed by atoms with Gasteiger partial charge in [0.2, 0.25) is 0 Å². The van der Waals surface area contributed by atoms with Crippen LogP contribution in [0.25, 0.3) is 0 Å². The number of non-ortho nitro benzene ring substituents is 1. The van der Waals surface area contributed by atoms with Gasteiger partial charge in [0.1, 0.15) is 6.10 Å². The zero-order valence-corrected chi connectivity index (χ0v) is 13.6. The van der Waals surface area contributed by atoms with Crippen LogP contribution in [0.2, 0.25) is 0 Å². The van der Waals surface area contributed by atoms with Crippen LogP contribution in [0, 0.1) is 10.1 Å². The third-order valence-corrected chi connectivity index (χ3v) is 3.21. The van der Waals surface area contributed by atoms with Crippen molar-refractivity contribution in [2.45, 2.75) is 32.0 Å². The summed E-state index contributed by atoms with van der Waals surface area (Å²) in [6, 6.07) is 5.74. The highest BCUT2D eigenvalue weighted by Crippen LogP contribution is 2.24. The van der Waals surface area contributed by atoms with Crippen molar-refractivity contribution in [1.82, 2.24) is 4.90 Å². The molecule has 0 aliphatic carbocycles. The smallest absolute Gasteiger partial charge is 0.409 e. The Hall–Kier alpha value is -2.41. The van der Waals surface area contributed by atoms with Crippen molar-refractivity contribution in [3.63, 3.8) is 0 Å². The molecule has 0 unspecified atom stereocenters. The lowest BCUT2D eigenvalue weighted by atomic mass is 9.99. The number of aliphatic hydroxyl groups excluding tert-OH is 1. The molecule has 0 bridgehead atoms. The van der Waals surface area contributed by atoms with Crippen molar-refractivity contribution >= 4 is 11.8 Å². The number of benzene rings is 1. The van der Waals surface area contributed by atoms with E-state index < -0.39 is 17.1 Å². The van der Waals surface area contributed by atoms with Crippen LogP contribution in [0.3, 0.4) is 0 Å². The number of carbonyl (C=O) groups excluding carboxylic acids is 1. The van der Waals surface area contributed by atoms with Crippen LogP contribution in [-0.2, 0) is 4.74 Å². The number of amides is 1. The summed E-state index contributed by atoms with van der Waals surface area (Å²) in [6.45, 7) is 5.64. The van der Waals surface area contributed by atoms with E-state index >= 15 is 0 Å². The monoisotopic (exact) mass is 322 g/mol. The summed E-state index contributed by atoms with van der Waals surface area (Å²) in [5.41, 5.74) is 1.29. The predicted molar refractivity (Wildman–Crippen MR) is 86.1 cm³/mol. The van der Waals surface area contributed by atoms with Gasteiger partial charge in [-0.3, -0.25) is 10.1 Å². The molecule has 0 aliphatic rings. The summed E-state index contributed by atoms with van der Waals surface area (Å²) < 4.78 is 5.18. The number of ether oxygens (including phenoxy) is 1. The third-order valence-electron chi connectivity index (χ3n) is 3.21. The van der Waals surface area contributed by atoms with Crippen LogP contribution >= 0.6 is 0 Å². The molecule has 23 heavy (non-hydrogen) atoms. The fraction of sp³-hybridized carbons (Fsp3) is 0.438. The molecule has 0 aromatic heterocycles. The second-order valence-corrected chi connectivity index (χ2v) is 5.61. The molecule has 1 rings (SSSR count). The van der Waals surface area contributed by atoms with Crippen LogP contribution < -0.4 is 0 Å². The van der Waals surface area contributed by atoms with Gasteiger partial charge in [0.15, 0.2) is 0 Å². The van der Waals surface area contributed by atoms with Crippen LogP contribution in [0.15, 0.2) is 36.4 Å². The van der Waals surface area contributed by atoms with Gasteiger partial charge in [0.25, 0.3) is 5.69 Å². The largest absolute Gasteiger partial charge is 0.446 e. The molecular weight excluding hydrogens is 300 g/mol. The Labute approximate surface area is 135 Å². The summed E-state index contributed by atoms with van der Waals surface area (Å²) in [5, 5.41) is 20.8. The number of nitrogens with zero attached hydrogens (tertiary/aromatic N) is 2. The van der Waals surface area contributed by atoms with E-state index in [1.807, 2.05) is 0 Å². The van der Waals surface area contributed by atoms with Gasteiger partial charge in [0.05, 0.1) is 11.0 Å². The summed E-state index contributed by atoms with van der Waals surface area (Å²) in [5.74, 6) is 0. The number of nitro groups is 1. The average molecular weight is 322 g/mol. The van der Waals surface area contributed by atoms with Crippen molar-refractivity contribution in [2.75, 3.05) is 14.1 Å². The molecule has 0 fully saturated rings. The first kappa shape index (κ1) is 18.6. The second-order valence-electron chi connectivity index (χ2n) is 5.61. The van der Waals surface area contributed by atoms with Crippen molar-refractivity contribution in [3.8, 4) is 0 Å². The van der Waals surface area contributed by atoms with Crippen LogP contribution in [0.5, 0.6) is 0 Å². The Morgan fingerprint density at radius 1 is 1.35 bits per heavy atom. The second kappa shape index (κ2) is 8.28. The molecule has 0 radical (unpaired) electrons. The van der Waals surface area contributed by atoms with Gasteiger partial charge in [-0.15, -0.1) is 0 Å². The minimum Gasteiger partial charge on any atom is -0.446 e. The van der Waals surface area contributed by atoms with E-state index in [0.717, 1.165) is 5.57 Å². The molecule has 0 spiro atoms. The molecule has 0 saturated carbocycles. The number of aliphatic hydroxyl groups is 1. The highest BCUT2D eigenvalue weighted by Gasteiger charge is 2.16. The van der Waals surface area contributed by atoms with E-state index in [0.29, 0.717) is 18.4 Å². The highest BCUT2D eigenvalue weighted by atomic mass is 16.6. The standard InChI is InChI=1S/C16H22N2O5/c1-11(9-12(2)23-16(20)17(3)4)10-15(19)13-5-7-14(8-6-13)18(21)22/h5-8,12,15,19H,1,9-10H2,2-4H3/t12-,15-/m0/s1. The maximum atomic E-state index is 11.4. The molecule has 1 aromatic carbocycles. The van der Waals surface area contributed by atoms with Gasteiger partial charge in [-0.05, 0) is 31.0 Å². The van der Waals surface area contributed by atoms with Crippen molar-refractivity contribution in [3.05, 3.63) is 52.1 Å². The SMILES string of the molecule is C=C(C[C@H](C)OC(=O)N(C)C)C[C@H](O)c1ccc([N+](=O)[O-])cc1. The molecule has 126 valence electrons. The molecule has 7 heteroatoms. The molecule has 1 aromatic rings. The van der Waals surface area contributed by atoms with E-state index in [1.54, 1.807) is 21.0 Å². The first-order chi connectivity index (χ1) is 10.7. The number of nitro benzene ring substituents is 1. The summed E-state index contributed by atoms with van der Waals surface area (Å²) in [7, 11) is 3.20. The summed E-state index contributed by atoms with van der Waals surface area (Å²) in [4.78, 5) is 22.9. The lowest BCUT2D eigenvalue weighted by Crippen LogP contribution is -2.26. The summed E-state index contributed by atoms with van der Waals surface area (Å²) >= 11 is 0. The molecule has 1 N–H and O–H groups in total. The van der Waals surface area contributed by atoms with Gasteiger partial charge >= 0.3 is 6.09 Å².